The van der Waals surface area contributed by atoms with E-state index in [0.717, 1.165) is 0 Å². The molecule has 1 aromatic carbocycles. The van der Waals surface area contributed by atoms with Gasteiger partial charge >= 0.3 is 18.5 Å². The van der Waals surface area contributed by atoms with Crippen LogP contribution < -0.4 is 11.3 Å². The third kappa shape index (κ3) is 5.08. The molecule has 0 unspecified atom stereocenters. The minimum atomic E-state index is -5.37. The van der Waals surface area contributed by atoms with E-state index in [4.69, 9.17) is 17.3 Å². The monoisotopic (exact) mass is 481 g/mol. The van der Waals surface area contributed by atoms with Crippen LogP contribution in [-0.4, -0.2) is 9.55 Å². The molecule has 2 N–H and O–H groups in total. The van der Waals surface area contributed by atoms with Crippen LogP contribution in [0.1, 0.15) is 36.6 Å². The fraction of sp³-hybridized carbons (Fsp3) is 0.412. The molecule has 2 rings (SSSR count). The highest BCUT2D eigenvalue weighted by Gasteiger charge is 2.41. The number of halogens is 10. The maximum Gasteiger partial charge on any atom is 0.435 e. The van der Waals surface area contributed by atoms with Crippen molar-refractivity contribution < 1.29 is 39.5 Å². The first-order valence-corrected chi connectivity index (χ1v) is 8.83. The van der Waals surface area contributed by atoms with E-state index in [2.05, 4.69) is 4.98 Å². The topological polar surface area (TPSA) is 60.9 Å². The maximum atomic E-state index is 13.3. The van der Waals surface area contributed by atoms with Gasteiger partial charge in [0.25, 0.3) is 5.56 Å². The number of anilines is 1. The van der Waals surface area contributed by atoms with Crippen LogP contribution >= 0.6 is 11.6 Å². The number of rotatable bonds is 4. The Hall–Kier alpha value is -2.44. The number of nitrogens with two attached hydrogens (primary N) is 1. The van der Waals surface area contributed by atoms with Gasteiger partial charge in [0.15, 0.2) is 5.69 Å². The van der Waals surface area contributed by atoms with Crippen LogP contribution in [-0.2, 0) is 25.1 Å². The molecule has 0 atom stereocenters. The molecule has 31 heavy (non-hydrogen) atoms. The van der Waals surface area contributed by atoms with Gasteiger partial charge in [-0.25, -0.2) is 4.98 Å². The first kappa shape index (κ1) is 24.8. The van der Waals surface area contributed by atoms with Crippen molar-refractivity contribution in [3.63, 3.8) is 0 Å². The molecule has 0 aliphatic heterocycles. The summed E-state index contributed by atoms with van der Waals surface area (Å²) < 4.78 is 120. The van der Waals surface area contributed by atoms with Crippen molar-refractivity contribution in [2.45, 2.75) is 44.8 Å². The van der Waals surface area contributed by atoms with Gasteiger partial charge < -0.3 is 5.73 Å². The van der Waals surface area contributed by atoms with Gasteiger partial charge in [-0.2, -0.15) is 39.5 Å². The molecule has 0 amide bonds. The van der Waals surface area contributed by atoms with Crippen LogP contribution in [0.4, 0.5) is 45.2 Å². The predicted molar refractivity (Wildman–Crippen MR) is 93.3 cm³/mol. The van der Waals surface area contributed by atoms with E-state index in [1.54, 1.807) is 6.92 Å². The zero-order valence-corrected chi connectivity index (χ0v) is 16.2. The van der Waals surface area contributed by atoms with Gasteiger partial charge in [0.05, 0.1) is 16.1 Å². The predicted octanol–water partition coefficient (Wildman–Crippen LogP) is 6.00. The molecule has 4 nitrogen and oxygen atoms in total. The van der Waals surface area contributed by atoms with E-state index in [1.807, 2.05) is 0 Å². The van der Waals surface area contributed by atoms with Crippen molar-refractivity contribution >= 4 is 17.3 Å². The minimum absolute atomic E-state index is 0.109. The molecule has 0 saturated heterocycles. The van der Waals surface area contributed by atoms with E-state index in [-0.39, 0.29) is 25.1 Å². The third-order valence-corrected chi connectivity index (χ3v) is 4.56. The van der Waals surface area contributed by atoms with Crippen molar-refractivity contribution in [1.29, 1.82) is 0 Å². The summed E-state index contributed by atoms with van der Waals surface area (Å²) in [6.07, 6.45) is -15.4. The Kier molecular flexibility index (Phi) is 6.60. The molecule has 0 aliphatic carbocycles. The van der Waals surface area contributed by atoms with Crippen molar-refractivity contribution in [3.8, 4) is 11.4 Å². The molecule has 0 fully saturated rings. The third-order valence-electron chi connectivity index (χ3n) is 4.15. The van der Waals surface area contributed by atoms with Gasteiger partial charge in [0, 0.05) is 12.1 Å². The zero-order chi connectivity index (χ0) is 23.9. The molecule has 0 aliphatic rings. The average molecular weight is 482 g/mol. The second-order valence-corrected chi connectivity index (χ2v) is 6.76. The lowest BCUT2D eigenvalue weighted by Gasteiger charge is -2.20. The Balaban J connectivity index is 3.03. The van der Waals surface area contributed by atoms with Crippen LogP contribution in [0, 0.1) is 0 Å². The van der Waals surface area contributed by atoms with Gasteiger partial charge in [-0.15, -0.1) is 0 Å². The van der Waals surface area contributed by atoms with E-state index in [1.165, 1.54) is 0 Å². The molecular formula is C17H13ClF9N3O. The standard InChI is InChI=1S/C17H13ClF9N3O/c1-2-3-4-30-13(29-12(17(25,26)27)11(28)14(30)31)8-5-7(15(19,20)21)6-9(10(8)18)16(22,23)24/h5-6H,2-4,28H2,1H3. The van der Waals surface area contributed by atoms with Crippen LogP contribution in [0.3, 0.4) is 0 Å². The summed E-state index contributed by atoms with van der Waals surface area (Å²) in [5.74, 6) is -1.11. The number of unbranched alkanes of at least 4 members (excludes halogenated alkanes) is 1. The summed E-state index contributed by atoms with van der Waals surface area (Å²) in [7, 11) is 0. The molecule has 0 bridgehead atoms. The quantitative estimate of drug-likeness (QED) is 0.545. The van der Waals surface area contributed by atoms with Crippen LogP contribution in [0.5, 0.6) is 0 Å². The lowest BCUT2D eigenvalue weighted by molar-refractivity contribution is -0.143. The SMILES string of the molecule is CCCCn1c(-c2cc(C(F)(F)F)cc(C(F)(F)F)c2Cl)nc(C(F)(F)F)c(N)c1=O. The van der Waals surface area contributed by atoms with Gasteiger partial charge in [-0.05, 0) is 18.6 Å². The number of nitrogens with zero attached hydrogens (tertiary/aromatic N) is 2. The summed E-state index contributed by atoms with van der Waals surface area (Å²) in [5.41, 5.74) is -4.45. The van der Waals surface area contributed by atoms with Gasteiger partial charge in [-0.3, -0.25) is 9.36 Å². The van der Waals surface area contributed by atoms with Gasteiger partial charge in [-0.1, -0.05) is 24.9 Å². The first-order chi connectivity index (χ1) is 14.0. The fourth-order valence-corrected chi connectivity index (χ4v) is 2.97. The largest absolute Gasteiger partial charge is 0.435 e. The summed E-state index contributed by atoms with van der Waals surface area (Å²) >= 11 is 5.66. The lowest BCUT2D eigenvalue weighted by Crippen LogP contribution is -2.30. The normalized spacial score (nSPS) is 13.0. The van der Waals surface area contributed by atoms with Crippen molar-refractivity contribution in [2.24, 2.45) is 0 Å². The molecular weight excluding hydrogens is 469 g/mol. The van der Waals surface area contributed by atoms with Gasteiger partial charge in [0.2, 0.25) is 0 Å². The first-order valence-electron chi connectivity index (χ1n) is 8.46. The highest BCUT2D eigenvalue weighted by Crippen LogP contribution is 2.44. The van der Waals surface area contributed by atoms with E-state index in [9.17, 15) is 44.3 Å². The maximum absolute atomic E-state index is 13.3. The highest BCUT2D eigenvalue weighted by molar-refractivity contribution is 6.34. The second-order valence-electron chi connectivity index (χ2n) is 6.39. The Bertz CT molecular complexity index is 1040. The van der Waals surface area contributed by atoms with Gasteiger partial charge in [0.1, 0.15) is 11.5 Å². The summed E-state index contributed by atoms with van der Waals surface area (Å²) in [5, 5.41) is -1.34. The fourth-order valence-electron chi connectivity index (χ4n) is 2.67. The Morgan fingerprint density at radius 3 is 2.03 bits per heavy atom. The number of benzene rings is 1. The minimum Gasteiger partial charge on any atom is -0.392 e. The summed E-state index contributed by atoms with van der Waals surface area (Å²) in [4.78, 5) is 15.6. The summed E-state index contributed by atoms with van der Waals surface area (Å²) in [6, 6.07) is -0.166. The number of aromatic nitrogens is 2. The lowest BCUT2D eigenvalue weighted by atomic mass is 10.0. The van der Waals surface area contributed by atoms with Crippen molar-refractivity contribution in [3.05, 3.63) is 44.3 Å². The average Bonchev–Trinajstić information content (AvgIpc) is 2.60. The molecule has 0 spiro atoms. The highest BCUT2D eigenvalue weighted by atomic mass is 35.5. The van der Waals surface area contributed by atoms with Crippen LogP contribution in [0.25, 0.3) is 11.4 Å². The Morgan fingerprint density at radius 2 is 1.58 bits per heavy atom. The smallest absolute Gasteiger partial charge is 0.392 e. The number of alkyl halides is 9. The van der Waals surface area contributed by atoms with E-state index >= 15 is 0 Å². The number of hydrogen-bond donors (Lipinski definition) is 1. The molecule has 1 aromatic heterocycles. The summed E-state index contributed by atoms with van der Waals surface area (Å²) in [6.45, 7) is 1.26. The van der Waals surface area contributed by atoms with Crippen LogP contribution in [0.2, 0.25) is 5.02 Å². The molecule has 0 radical (unpaired) electrons. The Labute approximate surface area is 173 Å². The van der Waals surface area contributed by atoms with Crippen LogP contribution in [0.15, 0.2) is 16.9 Å². The van der Waals surface area contributed by atoms with Crippen molar-refractivity contribution in [2.75, 3.05) is 5.73 Å². The number of nitrogen functional groups attached to an aromatic ring is 1. The molecule has 14 heteroatoms. The molecule has 2 aromatic rings. The van der Waals surface area contributed by atoms with Crippen molar-refractivity contribution in [1.82, 2.24) is 9.55 Å². The van der Waals surface area contributed by atoms with E-state index < -0.39 is 63.0 Å². The Morgan fingerprint density at radius 1 is 1.00 bits per heavy atom. The molecule has 0 saturated carbocycles. The second kappa shape index (κ2) is 8.24. The number of hydrogen-bond acceptors (Lipinski definition) is 3. The van der Waals surface area contributed by atoms with E-state index in [0.29, 0.717) is 11.0 Å². The molecule has 1 heterocycles. The molecule has 172 valence electrons. The zero-order valence-electron chi connectivity index (χ0n) is 15.4.